The highest BCUT2D eigenvalue weighted by Gasteiger charge is 2.18. The Kier molecular flexibility index (Phi) is 4.29. The largest absolute Gasteiger partial charge is 0.454 e. The topological polar surface area (TPSA) is 71.3 Å². The number of nitrogens with zero attached hydrogens (tertiary/aromatic N) is 1. The number of carbonyl (C=O) groups excluding carboxylic acids is 1. The van der Waals surface area contributed by atoms with Crippen LogP contribution in [0.5, 0.6) is 11.5 Å². The molecule has 1 saturated carbocycles. The van der Waals surface area contributed by atoms with Crippen molar-refractivity contribution in [3.63, 3.8) is 0 Å². The molecule has 1 aliphatic heterocycles. The molecule has 0 unspecified atom stereocenters. The fourth-order valence-electron chi connectivity index (χ4n) is 2.83. The Balaban J connectivity index is 1.72. The standard InChI is InChI=1S/C17H18N2O3/c18-10-13(17(20)19-14-4-2-1-3-5-14)8-12-6-7-15-16(9-12)22-11-21-15/h6-9,14H,1-5,11H2,(H,19,20)/b13-8+. The SMILES string of the molecule is N#C/C(=C\c1ccc2c(c1)OCO2)C(=O)NC1CCCCC1. The van der Waals surface area contributed by atoms with E-state index in [-0.39, 0.29) is 24.3 Å². The van der Waals surface area contributed by atoms with E-state index in [4.69, 9.17) is 9.47 Å². The molecule has 5 nitrogen and oxygen atoms in total. The van der Waals surface area contributed by atoms with Crippen LogP contribution in [0.2, 0.25) is 0 Å². The zero-order valence-corrected chi connectivity index (χ0v) is 12.3. The van der Waals surface area contributed by atoms with Crippen LogP contribution in [-0.4, -0.2) is 18.7 Å². The Morgan fingerprint density at radius 2 is 2.00 bits per heavy atom. The minimum atomic E-state index is -0.299. The molecule has 1 aromatic rings. The average Bonchev–Trinajstić information content (AvgIpc) is 3.01. The monoisotopic (exact) mass is 298 g/mol. The molecule has 1 heterocycles. The van der Waals surface area contributed by atoms with Gasteiger partial charge in [0.2, 0.25) is 6.79 Å². The summed E-state index contributed by atoms with van der Waals surface area (Å²) in [5.41, 5.74) is 0.865. The molecule has 1 N–H and O–H groups in total. The lowest BCUT2D eigenvalue weighted by atomic mass is 9.95. The number of hydrogen-bond acceptors (Lipinski definition) is 4. The Labute approximate surface area is 129 Å². The minimum absolute atomic E-state index is 0.115. The number of nitrogens with one attached hydrogen (secondary N) is 1. The van der Waals surface area contributed by atoms with Crippen LogP contribution in [0.1, 0.15) is 37.7 Å². The average molecular weight is 298 g/mol. The van der Waals surface area contributed by atoms with Crippen molar-refractivity contribution in [1.82, 2.24) is 5.32 Å². The second-order valence-electron chi connectivity index (χ2n) is 5.59. The molecule has 3 rings (SSSR count). The smallest absolute Gasteiger partial charge is 0.262 e. The number of amides is 1. The van der Waals surface area contributed by atoms with E-state index < -0.39 is 0 Å². The van der Waals surface area contributed by atoms with Gasteiger partial charge in [-0.25, -0.2) is 0 Å². The summed E-state index contributed by atoms with van der Waals surface area (Å²) in [6, 6.07) is 7.53. The van der Waals surface area contributed by atoms with Crippen molar-refractivity contribution in [3.05, 3.63) is 29.3 Å². The first-order valence-corrected chi connectivity index (χ1v) is 7.58. The van der Waals surface area contributed by atoms with Gasteiger partial charge in [-0.3, -0.25) is 4.79 Å². The first-order valence-electron chi connectivity index (χ1n) is 7.58. The minimum Gasteiger partial charge on any atom is -0.454 e. The van der Waals surface area contributed by atoms with Gasteiger partial charge in [0.05, 0.1) is 0 Å². The molecule has 0 saturated heterocycles. The molecule has 22 heavy (non-hydrogen) atoms. The molecule has 1 fully saturated rings. The highest BCUT2D eigenvalue weighted by molar-refractivity contribution is 6.01. The van der Waals surface area contributed by atoms with Gasteiger partial charge in [-0.05, 0) is 36.6 Å². The normalized spacial score (nSPS) is 17.9. The number of hydrogen-bond donors (Lipinski definition) is 1. The highest BCUT2D eigenvalue weighted by atomic mass is 16.7. The molecule has 114 valence electrons. The van der Waals surface area contributed by atoms with Gasteiger partial charge in [-0.1, -0.05) is 25.3 Å². The second kappa shape index (κ2) is 6.52. The van der Waals surface area contributed by atoms with Crippen LogP contribution in [0, 0.1) is 11.3 Å². The zero-order valence-electron chi connectivity index (χ0n) is 12.3. The number of benzene rings is 1. The van der Waals surface area contributed by atoms with E-state index in [1.54, 1.807) is 24.3 Å². The van der Waals surface area contributed by atoms with Crippen LogP contribution in [0.15, 0.2) is 23.8 Å². The third-order valence-corrected chi connectivity index (χ3v) is 4.01. The van der Waals surface area contributed by atoms with Gasteiger partial charge in [0.1, 0.15) is 11.6 Å². The zero-order chi connectivity index (χ0) is 15.4. The molecule has 1 aliphatic carbocycles. The van der Waals surface area contributed by atoms with Gasteiger partial charge in [0.15, 0.2) is 11.5 Å². The van der Waals surface area contributed by atoms with Crippen LogP contribution < -0.4 is 14.8 Å². The number of nitriles is 1. The Morgan fingerprint density at radius 1 is 1.23 bits per heavy atom. The summed E-state index contributed by atoms with van der Waals surface area (Å²) < 4.78 is 10.5. The molecule has 0 bridgehead atoms. The van der Waals surface area contributed by atoms with E-state index in [9.17, 15) is 10.1 Å². The third kappa shape index (κ3) is 3.22. The van der Waals surface area contributed by atoms with Crippen LogP contribution in [0.4, 0.5) is 0 Å². The summed E-state index contributed by atoms with van der Waals surface area (Å²) in [7, 11) is 0. The van der Waals surface area contributed by atoms with Crippen LogP contribution in [0.3, 0.4) is 0 Å². The summed E-state index contributed by atoms with van der Waals surface area (Å²) in [5, 5.41) is 12.2. The first-order chi connectivity index (χ1) is 10.8. The number of rotatable bonds is 3. The van der Waals surface area contributed by atoms with Gasteiger partial charge in [-0.2, -0.15) is 5.26 Å². The molecule has 0 radical (unpaired) electrons. The van der Waals surface area contributed by atoms with Crippen molar-refractivity contribution in [1.29, 1.82) is 5.26 Å². The molecular formula is C17H18N2O3. The quantitative estimate of drug-likeness (QED) is 0.688. The van der Waals surface area contributed by atoms with E-state index in [1.165, 1.54) is 6.42 Å². The Bertz CT molecular complexity index is 640. The van der Waals surface area contributed by atoms with Crippen molar-refractivity contribution in [2.75, 3.05) is 6.79 Å². The van der Waals surface area contributed by atoms with Gasteiger partial charge in [-0.15, -0.1) is 0 Å². The fraction of sp³-hybridized carbons (Fsp3) is 0.412. The predicted molar refractivity (Wildman–Crippen MR) is 81.2 cm³/mol. The Hall–Kier alpha value is -2.48. The van der Waals surface area contributed by atoms with Crippen molar-refractivity contribution in [2.45, 2.75) is 38.1 Å². The number of ether oxygens (including phenoxy) is 2. The summed E-state index contributed by atoms with van der Waals surface area (Å²) in [6.07, 6.45) is 7.07. The number of carbonyl (C=O) groups is 1. The van der Waals surface area contributed by atoms with Crippen molar-refractivity contribution >= 4 is 12.0 Å². The van der Waals surface area contributed by atoms with Crippen molar-refractivity contribution < 1.29 is 14.3 Å². The maximum Gasteiger partial charge on any atom is 0.262 e. The van der Waals surface area contributed by atoms with Gasteiger partial charge in [0, 0.05) is 6.04 Å². The molecule has 0 atom stereocenters. The van der Waals surface area contributed by atoms with Crippen molar-refractivity contribution in [2.24, 2.45) is 0 Å². The second-order valence-corrected chi connectivity index (χ2v) is 5.59. The molecule has 5 heteroatoms. The summed E-state index contributed by atoms with van der Waals surface area (Å²) >= 11 is 0. The third-order valence-electron chi connectivity index (χ3n) is 4.01. The first kappa shape index (κ1) is 14.5. The maximum absolute atomic E-state index is 12.2. The van der Waals surface area contributed by atoms with Crippen molar-refractivity contribution in [3.8, 4) is 17.6 Å². The molecule has 0 spiro atoms. The van der Waals surface area contributed by atoms with E-state index in [0.717, 1.165) is 31.2 Å². The lowest BCUT2D eigenvalue weighted by Crippen LogP contribution is -2.36. The van der Waals surface area contributed by atoms with Crippen LogP contribution in [0.25, 0.3) is 6.08 Å². The van der Waals surface area contributed by atoms with Gasteiger partial charge < -0.3 is 14.8 Å². The molecule has 2 aliphatic rings. The maximum atomic E-state index is 12.2. The van der Waals surface area contributed by atoms with E-state index >= 15 is 0 Å². The summed E-state index contributed by atoms with van der Waals surface area (Å²) in [5.74, 6) is 1.02. The lowest BCUT2D eigenvalue weighted by Gasteiger charge is -2.22. The highest BCUT2D eigenvalue weighted by Crippen LogP contribution is 2.33. The predicted octanol–water partition coefficient (Wildman–Crippen LogP) is 2.77. The van der Waals surface area contributed by atoms with E-state index in [2.05, 4.69) is 5.32 Å². The molecule has 0 aromatic heterocycles. The van der Waals surface area contributed by atoms with E-state index in [0.29, 0.717) is 11.5 Å². The fourth-order valence-corrected chi connectivity index (χ4v) is 2.83. The summed E-state index contributed by atoms with van der Waals surface area (Å²) in [6.45, 7) is 0.204. The summed E-state index contributed by atoms with van der Waals surface area (Å²) in [4.78, 5) is 12.2. The van der Waals surface area contributed by atoms with Gasteiger partial charge >= 0.3 is 0 Å². The molecular weight excluding hydrogens is 280 g/mol. The number of fused-ring (bicyclic) bond motifs is 1. The van der Waals surface area contributed by atoms with Crippen LogP contribution in [-0.2, 0) is 4.79 Å². The Morgan fingerprint density at radius 3 is 2.77 bits per heavy atom. The van der Waals surface area contributed by atoms with Crippen LogP contribution >= 0.6 is 0 Å². The van der Waals surface area contributed by atoms with Gasteiger partial charge in [0.25, 0.3) is 5.91 Å². The van der Waals surface area contributed by atoms with E-state index in [1.807, 2.05) is 6.07 Å². The molecule has 1 aromatic carbocycles. The molecule has 1 amide bonds. The lowest BCUT2D eigenvalue weighted by molar-refractivity contribution is -0.117.